The molecule has 4 nitrogen and oxygen atoms in total. The molecule has 7 aromatic rings. The van der Waals surface area contributed by atoms with Gasteiger partial charge >= 0.3 is 0 Å². The van der Waals surface area contributed by atoms with Gasteiger partial charge in [-0.05, 0) is 57.9 Å². The number of hydrogen-bond acceptors (Lipinski definition) is 4. The van der Waals surface area contributed by atoms with Crippen LogP contribution in [-0.2, 0) is 0 Å². The predicted octanol–water partition coefficient (Wildman–Crippen LogP) is 8.64. The van der Waals surface area contributed by atoms with Crippen molar-refractivity contribution in [2.75, 3.05) is 0 Å². The number of hydrogen-bond donors (Lipinski definition) is 0. The molecule has 0 saturated heterocycles. The summed E-state index contributed by atoms with van der Waals surface area (Å²) in [6.07, 6.45) is 3.55. The summed E-state index contributed by atoms with van der Waals surface area (Å²) >= 11 is 0. The standard InChI is InChI=1S/C32H20N2O2/c1-3-7-25-17-27(15-9-21(25)5-1)29-19-33-31(35-29)23-11-13-24(14-12-23)32-34-20-30(36-32)28-16-10-22-6-2-4-8-26(22)18-28/h1-20H. The van der Waals surface area contributed by atoms with E-state index in [1.807, 2.05) is 48.5 Å². The lowest BCUT2D eigenvalue weighted by Crippen LogP contribution is -1.80. The van der Waals surface area contributed by atoms with Crippen molar-refractivity contribution in [3.8, 4) is 45.6 Å². The molecule has 0 aliphatic rings. The minimum atomic E-state index is 0.578. The Bertz CT molecular complexity index is 1710. The van der Waals surface area contributed by atoms with Crippen molar-refractivity contribution in [3.63, 3.8) is 0 Å². The summed E-state index contributed by atoms with van der Waals surface area (Å²) in [5, 5.41) is 4.75. The van der Waals surface area contributed by atoms with E-state index in [2.05, 4.69) is 70.6 Å². The van der Waals surface area contributed by atoms with Crippen molar-refractivity contribution in [3.05, 3.63) is 122 Å². The van der Waals surface area contributed by atoms with E-state index in [1.54, 1.807) is 12.4 Å². The Kier molecular flexibility index (Phi) is 4.74. The van der Waals surface area contributed by atoms with E-state index < -0.39 is 0 Å². The summed E-state index contributed by atoms with van der Waals surface area (Å²) in [4.78, 5) is 9.02. The van der Waals surface area contributed by atoms with E-state index in [0.29, 0.717) is 11.8 Å². The van der Waals surface area contributed by atoms with E-state index in [1.165, 1.54) is 21.5 Å². The second-order valence-corrected chi connectivity index (χ2v) is 8.76. The molecule has 0 atom stereocenters. The Labute approximate surface area is 207 Å². The molecule has 0 aliphatic heterocycles. The molecule has 5 aromatic carbocycles. The topological polar surface area (TPSA) is 52.1 Å². The zero-order valence-corrected chi connectivity index (χ0v) is 19.3. The maximum atomic E-state index is 6.10. The van der Waals surface area contributed by atoms with Crippen LogP contribution >= 0.6 is 0 Å². The van der Waals surface area contributed by atoms with Gasteiger partial charge in [-0.25, -0.2) is 9.97 Å². The first-order valence-electron chi connectivity index (χ1n) is 11.8. The van der Waals surface area contributed by atoms with E-state index in [0.717, 1.165) is 33.8 Å². The van der Waals surface area contributed by atoms with Gasteiger partial charge in [-0.15, -0.1) is 0 Å². The van der Waals surface area contributed by atoms with Crippen LogP contribution in [0, 0.1) is 0 Å². The third-order valence-electron chi connectivity index (χ3n) is 6.46. The number of fused-ring (bicyclic) bond motifs is 2. The molecule has 0 unspecified atom stereocenters. The van der Waals surface area contributed by atoms with Crippen LogP contribution in [0.1, 0.15) is 0 Å². The van der Waals surface area contributed by atoms with Crippen molar-refractivity contribution in [2.45, 2.75) is 0 Å². The Hall–Kier alpha value is -4.96. The highest BCUT2D eigenvalue weighted by Crippen LogP contribution is 2.31. The predicted molar refractivity (Wildman–Crippen MR) is 143 cm³/mol. The number of benzene rings is 5. The summed E-state index contributed by atoms with van der Waals surface area (Å²) < 4.78 is 12.2. The van der Waals surface area contributed by atoms with E-state index in [4.69, 9.17) is 8.83 Å². The zero-order valence-electron chi connectivity index (χ0n) is 19.3. The number of oxazole rings is 2. The highest BCUT2D eigenvalue weighted by molar-refractivity contribution is 5.87. The van der Waals surface area contributed by atoms with Gasteiger partial charge in [0, 0.05) is 22.3 Å². The number of nitrogens with zero attached hydrogens (tertiary/aromatic N) is 2. The quantitative estimate of drug-likeness (QED) is 0.262. The first kappa shape index (κ1) is 20.4. The van der Waals surface area contributed by atoms with Crippen LogP contribution in [0.25, 0.3) is 67.1 Å². The van der Waals surface area contributed by atoms with Crippen LogP contribution in [0.4, 0.5) is 0 Å². The van der Waals surface area contributed by atoms with Gasteiger partial charge in [0.05, 0.1) is 12.4 Å². The van der Waals surface area contributed by atoms with Crippen LogP contribution in [0.15, 0.2) is 130 Å². The molecule has 4 heteroatoms. The van der Waals surface area contributed by atoms with Crippen molar-refractivity contribution in [1.29, 1.82) is 0 Å². The van der Waals surface area contributed by atoms with Crippen LogP contribution in [0.3, 0.4) is 0 Å². The molecule has 0 amide bonds. The molecule has 2 heterocycles. The summed E-state index contributed by atoms with van der Waals surface area (Å²) in [6, 6.07) is 37.1. The Balaban J connectivity index is 1.14. The third kappa shape index (κ3) is 3.65. The van der Waals surface area contributed by atoms with Crippen LogP contribution in [-0.4, -0.2) is 9.97 Å². The smallest absolute Gasteiger partial charge is 0.226 e. The molecule has 0 aliphatic carbocycles. The van der Waals surface area contributed by atoms with Gasteiger partial charge < -0.3 is 8.83 Å². The molecule has 0 spiro atoms. The van der Waals surface area contributed by atoms with Gasteiger partial charge in [0.2, 0.25) is 11.8 Å². The van der Waals surface area contributed by atoms with Gasteiger partial charge in [-0.1, -0.05) is 72.8 Å². The minimum Gasteiger partial charge on any atom is -0.436 e. The summed E-state index contributed by atoms with van der Waals surface area (Å²) in [7, 11) is 0. The lowest BCUT2D eigenvalue weighted by Gasteiger charge is -2.02. The summed E-state index contributed by atoms with van der Waals surface area (Å²) in [5.74, 6) is 2.64. The Morgan fingerprint density at radius 1 is 0.389 bits per heavy atom. The van der Waals surface area contributed by atoms with Crippen LogP contribution in [0.2, 0.25) is 0 Å². The minimum absolute atomic E-state index is 0.578. The molecule has 7 rings (SSSR count). The summed E-state index contributed by atoms with van der Waals surface area (Å²) in [6.45, 7) is 0. The molecule has 0 radical (unpaired) electrons. The maximum absolute atomic E-state index is 6.10. The molecular formula is C32H20N2O2. The SMILES string of the molecule is c1ccc2cc(-c3cnc(-c4ccc(-c5ncc(-c6ccc7ccccc7c6)o5)cc4)o3)ccc2c1. The first-order valence-corrected chi connectivity index (χ1v) is 11.8. The summed E-state index contributed by atoms with van der Waals surface area (Å²) in [5.41, 5.74) is 3.80. The van der Waals surface area contributed by atoms with Crippen LogP contribution in [0.5, 0.6) is 0 Å². The lowest BCUT2D eigenvalue weighted by atomic mass is 10.1. The van der Waals surface area contributed by atoms with Crippen molar-refractivity contribution in [2.24, 2.45) is 0 Å². The number of rotatable bonds is 4. The average Bonchev–Trinajstić information content (AvgIpc) is 3.64. The van der Waals surface area contributed by atoms with Gasteiger partial charge in [-0.2, -0.15) is 0 Å². The maximum Gasteiger partial charge on any atom is 0.226 e. The van der Waals surface area contributed by atoms with Gasteiger partial charge in [0.15, 0.2) is 11.5 Å². The normalized spacial score (nSPS) is 11.3. The second-order valence-electron chi connectivity index (χ2n) is 8.76. The highest BCUT2D eigenvalue weighted by atomic mass is 16.4. The van der Waals surface area contributed by atoms with E-state index in [-0.39, 0.29) is 0 Å². The highest BCUT2D eigenvalue weighted by Gasteiger charge is 2.12. The second kappa shape index (κ2) is 8.36. The molecule has 0 fully saturated rings. The molecular weight excluding hydrogens is 444 g/mol. The van der Waals surface area contributed by atoms with E-state index >= 15 is 0 Å². The van der Waals surface area contributed by atoms with Gasteiger partial charge in [-0.3, -0.25) is 0 Å². The molecule has 0 bridgehead atoms. The zero-order chi connectivity index (χ0) is 23.9. The largest absolute Gasteiger partial charge is 0.436 e. The average molecular weight is 465 g/mol. The van der Waals surface area contributed by atoms with Crippen LogP contribution < -0.4 is 0 Å². The fourth-order valence-corrected chi connectivity index (χ4v) is 4.52. The Morgan fingerprint density at radius 2 is 0.778 bits per heavy atom. The lowest BCUT2D eigenvalue weighted by molar-refractivity contribution is 0.587. The van der Waals surface area contributed by atoms with Crippen molar-refractivity contribution >= 4 is 21.5 Å². The monoisotopic (exact) mass is 464 g/mol. The van der Waals surface area contributed by atoms with Gasteiger partial charge in [0.25, 0.3) is 0 Å². The van der Waals surface area contributed by atoms with Crippen molar-refractivity contribution < 1.29 is 8.83 Å². The van der Waals surface area contributed by atoms with Crippen molar-refractivity contribution in [1.82, 2.24) is 9.97 Å². The molecule has 170 valence electrons. The fraction of sp³-hybridized carbons (Fsp3) is 0. The van der Waals surface area contributed by atoms with Gasteiger partial charge in [0.1, 0.15) is 0 Å². The van der Waals surface area contributed by atoms with E-state index in [9.17, 15) is 0 Å². The third-order valence-corrected chi connectivity index (χ3v) is 6.46. The molecule has 2 aromatic heterocycles. The molecule has 0 saturated carbocycles. The first-order chi connectivity index (χ1) is 17.8. The molecule has 0 N–H and O–H groups in total. The Morgan fingerprint density at radius 3 is 1.22 bits per heavy atom. The molecule has 36 heavy (non-hydrogen) atoms. The number of aromatic nitrogens is 2. The fourth-order valence-electron chi connectivity index (χ4n) is 4.52.